The number of ether oxygens (including phenoxy) is 1. The lowest BCUT2D eigenvalue weighted by Crippen LogP contribution is -2.08. The standard InChI is InChI=1S/C10H13F2N3O2.ClH/c1-16-2-3-17-14-6-8-9(11)4-7(15-13)5-10(8)12;/h4-6,15H,2-3,13H2,1H3;1H. The molecule has 18 heavy (non-hydrogen) atoms. The maximum absolute atomic E-state index is 13.4. The number of benzene rings is 1. The zero-order valence-corrected chi connectivity index (χ0v) is 10.5. The number of oxime groups is 1. The average Bonchev–Trinajstić information content (AvgIpc) is 2.31. The number of rotatable bonds is 6. The molecule has 5 nitrogen and oxygen atoms in total. The Morgan fingerprint density at radius 2 is 1.94 bits per heavy atom. The van der Waals surface area contributed by atoms with Crippen LogP contribution in [0.5, 0.6) is 0 Å². The van der Waals surface area contributed by atoms with Crippen LogP contribution in [0.2, 0.25) is 0 Å². The van der Waals surface area contributed by atoms with Gasteiger partial charge < -0.3 is 15.0 Å². The van der Waals surface area contributed by atoms with E-state index in [0.29, 0.717) is 6.61 Å². The van der Waals surface area contributed by atoms with E-state index in [0.717, 1.165) is 18.3 Å². The Morgan fingerprint density at radius 3 is 2.44 bits per heavy atom. The number of hydrogen-bond acceptors (Lipinski definition) is 5. The van der Waals surface area contributed by atoms with Gasteiger partial charge >= 0.3 is 0 Å². The van der Waals surface area contributed by atoms with E-state index in [2.05, 4.69) is 10.6 Å². The monoisotopic (exact) mass is 281 g/mol. The summed E-state index contributed by atoms with van der Waals surface area (Å²) in [7, 11) is 1.50. The number of anilines is 1. The number of methoxy groups -OCH3 is 1. The van der Waals surface area contributed by atoms with Crippen LogP contribution in [0.3, 0.4) is 0 Å². The molecule has 0 radical (unpaired) electrons. The Kier molecular flexibility index (Phi) is 7.93. The Morgan fingerprint density at radius 1 is 1.33 bits per heavy atom. The molecule has 0 bridgehead atoms. The van der Waals surface area contributed by atoms with E-state index in [1.54, 1.807) is 0 Å². The van der Waals surface area contributed by atoms with E-state index in [4.69, 9.17) is 15.4 Å². The normalized spacial score (nSPS) is 10.2. The lowest BCUT2D eigenvalue weighted by Gasteiger charge is -2.03. The maximum Gasteiger partial charge on any atom is 0.140 e. The van der Waals surface area contributed by atoms with Gasteiger partial charge in [0.25, 0.3) is 0 Å². The second kappa shape index (κ2) is 8.62. The van der Waals surface area contributed by atoms with Crippen LogP contribution in [-0.2, 0) is 9.57 Å². The molecular weight excluding hydrogens is 268 g/mol. The first-order valence-electron chi connectivity index (χ1n) is 4.79. The molecule has 1 rings (SSSR count). The van der Waals surface area contributed by atoms with Crippen molar-refractivity contribution >= 4 is 24.3 Å². The molecule has 0 saturated carbocycles. The van der Waals surface area contributed by atoms with E-state index in [1.165, 1.54) is 7.11 Å². The number of halogens is 3. The molecule has 0 atom stereocenters. The SMILES string of the molecule is COCCON=Cc1c(F)cc(NN)cc1F.Cl. The lowest BCUT2D eigenvalue weighted by atomic mass is 10.2. The van der Waals surface area contributed by atoms with Crippen LogP contribution < -0.4 is 11.3 Å². The molecule has 1 aromatic rings. The first kappa shape index (κ1) is 16.6. The fraction of sp³-hybridized carbons (Fsp3) is 0.300. The highest BCUT2D eigenvalue weighted by Gasteiger charge is 2.08. The van der Waals surface area contributed by atoms with Gasteiger partial charge in [-0.05, 0) is 12.1 Å². The Balaban J connectivity index is 0.00000289. The summed E-state index contributed by atoms with van der Waals surface area (Å²) in [4.78, 5) is 4.72. The number of nitrogens with one attached hydrogen (secondary N) is 1. The molecule has 0 fully saturated rings. The van der Waals surface area contributed by atoms with Crippen LogP contribution in [0.15, 0.2) is 17.3 Å². The van der Waals surface area contributed by atoms with E-state index < -0.39 is 11.6 Å². The minimum Gasteiger partial charge on any atom is -0.393 e. The third-order valence-corrected chi connectivity index (χ3v) is 1.88. The Hall–Kier alpha value is -1.44. The highest BCUT2D eigenvalue weighted by atomic mass is 35.5. The fourth-order valence-corrected chi connectivity index (χ4v) is 1.05. The van der Waals surface area contributed by atoms with Crippen LogP contribution >= 0.6 is 12.4 Å². The molecule has 0 aliphatic carbocycles. The van der Waals surface area contributed by atoms with Crippen LogP contribution in [0, 0.1) is 11.6 Å². The highest BCUT2D eigenvalue weighted by molar-refractivity contribution is 5.85. The van der Waals surface area contributed by atoms with Gasteiger partial charge in [-0.1, -0.05) is 5.16 Å². The Bertz CT molecular complexity index is 382. The number of nitrogens with two attached hydrogens (primary N) is 1. The molecule has 0 spiro atoms. The minimum absolute atomic E-state index is 0. The smallest absolute Gasteiger partial charge is 0.140 e. The largest absolute Gasteiger partial charge is 0.393 e. The van der Waals surface area contributed by atoms with Gasteiger partial charge in [-0.25, -0.2) is 8.78 Å². The van der Waals surface area contributed by atoms with Crippen LogP contribution in [-0.4, -0.2) is 26.5 Å². The van der Waals surface area contributed by atoms with E-state index in [1.807, 2.05) is 0 Å². The van der Waals surface area contributed by atoms with Gasteiger partial charge in [0.1, 0.15) is 18.2 Å². The molecule has 0 aromatic heterocycles. The van der Waals surface area contributed by atoms with Crippen molar-refractivity contribution in [2.24, 2.45) is 11.0 Å². The summed E-state index contributed by atoms with van der Waals surface area (Å²) in [6, 6.07) is 2.11. The average molecular weight is 282 g/mol. The molecule has 0 saturated heterocycles. The zero-order chi connectivity index (χ0) is 12.7. The molecule has 1 aromatic carbocycles. The molecule has 0 aliphatic heterocycles. The summed E-state index contributed by atoms with van der Waals surface area (Å²) < 4.78 is 31.4. The summed E-state index contributed by atoms with van der Waals surface area (Å²) >= 11 is 0. The number of hydrazine groups is 1. The predicted molar refractivity (Wildman–Crippen MR) is 66.8 cm³/mol. The van der Waals surface area contributed by atoms with Gasteiger partial charge in [0, 0.05) is 7.11 Å². The number of hydrogen-bond donors (Lipinski definition) is 2. The van der Waals surface area contributed by atoms with Gasteiger partial charge in [0.2, 0.25) is 0 Å². The van der Waals surface area contributed by atoms with Crippen molar-refractivity contribution in [3.63, 3.8) is 0 Å². The van der Waals surface area contributed by atoms with Crippen molar-refractivity contribution in [2.45, 2.75) is 0 Å². The second-order valence-electron chi connectivity index (χ2n) is 3.06. The quantitative estimate of drug-likeness (QED) is 0.360. The summed E-state index contributed by atoms with van der Waals surface area (Å²) in [6.45, 7) is 0.553. The van der Waals surface area contributed by atoms with Crippen molar-refractivity contribution in [3.05, 3.63) is 29.3 Å². The zero-order valence-electron chi connectivity index (χ0n) is 9.65. The summed E-state index contributed by atoms with van der Waals surface area (Å²) in [6.07, 6.45) is 0.959. The summed E-state index contributed by atoms with van der Waals surface area (Å²) in [5.41, 5.74) is 1.99. The summed E-state index contributed by atoms with van der Waals surface area (Å²) in [5.74, 6) is 3.48. The molecule has 0 aliphatic rings. The molecule has 3 N–H and O–H groups in total. The van der Waals surface area contributed by atoms with Crippen LogP contribution in [0.1, 0.15) is 5.56 Å². The third kappa shape index (κ3) is 4.82. The fourth-order valence-electron chi connectivity index (χ4n) is 1.05. The first-order chi connectivity index (χ1) is 8.19. The van der Waals surface area contributed by atoms with Crippen LogP contribution in [0.4, 0.5) is 14.5 Å². The molecule has 8 heteroatoms. The molecule has 0 unspecified atom stereocenters. The predicted octanol–water partition coefficient (Wildman–Crippen LogP) is 1.67. The Labute approximate surface area is 109 Å². The maximum atomic E-state index is 13.4. The lowest BCUT2D eigenvalue weighted by molar-refractivity contribution is 0.0759. The topological polar surface area (TPSA) is 68.9 Å². The third-order valence-electron chi connectivity index (χ3n) is 1.88. The number of nitrogens with zero attached hydrogens (tertiary/aromatic N) is 1. The van der Waals surface area contributed by atoms with Gasteiger partial charge in [0.05, 0.1) is 24.1 Å². The van der Waals surface area contributed by atoms with E-state index in [-0.39, 0.29) is 30.3 Å². The van der Waals surface area contributed by atoms with Gasteiger partial charge in [-0.2, -0.15) is 0 Å². The van der Waals surface area contributed by atoms with Crippen molar-refractivity contribution < 1.29 is 18.4 Å². The molecule has 0 amide bonds. The molecule has 0 heterocycles. The van der Waals surface area contributed by atoms with Crippen molar-refractivity contribution in [1.29, 1.82) is 0 Å². The molecule has 102 valence electrons. The molecular formula is C10H14ClF2N3O2. The number of nitrogen functional groups attached to an aromatic ring is 1. The van der Waals surface area contributed by atoms with E-state index >= 15 is 0 Å². The summed E-state index contributed by atoms with van der Waals surface area (Å²) in [5, 5.41) is 3.42. The first-order valence-corrected chi connectivity index (χ1v) is 4.79. The minimum atomic E-state index is -0.781. The van der Waals surface area contributed by atoms with Crippen molar-refractivity contribution in [2.75, 3.05) is 25.7 Å². The second-order valence-corrected chi connectivity index (χ2v) is 3.06. The van der Waals surface area contributed by atoms with Gasteiger partial charge in [-0.15, -0.1) is 12.4 Å². The van der Waals surface area contributed by atoms with Crippen LogP contribution in [0.25, 0.3) is 0 Å². The van der Waals surface area contributed by atoms with Gasteiger partial charge in [-0.3, -0.25) is 5.84 Å². The van der Waals surface area contributed by atoms with Crippen molar-refractivity contribution in [1.82, 2.24) is 0 Å². The van der Waals surface area contributed by atoms with Crippen molar-refractivity contribution in [3.8, 4) is 0 Å². The van der Waals surface area contributed by atoms with Gasteiger partial charge in [0.15, 0.2) is 0 Å². The highest BCUT2D eigenvalue weighted by Crippen LogP contribution is 2.16. The van der Waals surface area contributed by atoms with E-state index in [9.17, 15) is 8.78 Å².